The van der Waals surface area contributed by atoms with Gasteiger partial charge in [0, 0.05) is 6.42 Å². The summed E-state index contributed by atoms with van der Waals surface area (Å²) in [5.74, 6) is -0.174. The molecule has 0 aliphatic carbocycles. The molecule has 9 heteroatoms. The van der Waals surface area contributed by atoms with E-state index in [0.29, 0.717) is 23.9 Å². The second-order valence-electron chi connectivity index (χ2n) is 15.7. The first-order valence-electron chi connectivity index (χ1n) is 21.0. The van der Waals surface area contributed by atoms with Crippen molar-refractivity contribution < 1.29 is 32.9 Å². The summed E-state index contributed by atoms with van der Waals surface area (Å²) in [6.45, 7) is 4.69. The Morgan fingerprint density at radius 1 is 0.680 bits per heavy atom. The number of likely N-dealkylation sites (N-methyl/N-ethyl adjacent to an activating group) is 1. The van der Waals surface area contributed by atoms with Gasteiger partial charge in [-0.25, -0.2) is 0 Å². The summed E-state index contributed by atoms with van der Waals surface area (Å²) in [6, 6.07) is -0.809. The van der Waals surface area contributed by atoms with Crippen LogP contribution in [0.4, 0.5) is 0 Å². The van der Waals surface area contributed by atoms with Crippen molar-refractivity contribution in [3.8, 4) is 0 Å². The second kappa shape index (κ2) is 34.0. The van der Waals surface area contributed by atoms with Gasteiger partial charge in [0.2, 0.25) is 5.91 Å². The molecule has 0 aliphatic heterocycles. The minimum Gasteiger partial charge on any atom is -0.756 e. The van der Waals surface area contributed by atoms with Crippen molar-refractivity contribution in [1.82, 2.24) is 5.32 Å². The first-order valence-corrected chi connectivity index (χ1v) is 22.5. The molecule has 0 fully saturated rings. The Bertz CT molecular complexity index is 834. The van der Waals surface area contributed by atoms with Gasteiger partial charge in [-0.3, -0.25) is 9.36 Å². The predicted octanol–water partition coefficient (Wildman–Crippen LogP) is 10.6. The largest absolute Gasteiger partial charge is 0.756 e. The smallest absolute Gasteiger partial charge is 0.268 e. The maximum absolute atomic E-state index is 12.8. The third-order valence-corrected chi connectivity index (χ3v) is 10.5. The Labute approximate surface area is 310 Å². The van der Waals surface area contributed by atoms with E-state index in [2.05, 4.69) is 31.3 Å². The number of nitrogens with one attached hydrogen (secondary N) is 1. The standard InChI is InChI=1S/C41H83N2O6P/c1-6-8-10-12-14-16-18-20-22-24-26-28-30-32-34-40(44)39(38-49-50(46,47)48-37-36-43(3,4)5)42-41(45)35-33-31-29-27-25-23-21-19-17-15-13-11-9-7-2/h24,26,39-40,44H,6-23,25,27-38H2,1-5H3,(H-,42,45,46,47)/b26-24+/t39-,40+/m0/s1. The van der Waals surface area contributed by atoms with E-state index in [0.717, 1.165) is 44.9 Å². The van der Waals surface area contributed by atoms with Gasteiger partial charge in [0.05, 0.1) is 39.9 Å². The molecule has 0 saturated heterocycles. The first-order chi connectivity index (χ1) is 24.0. The van der Waals surface area contributed by atoms with Gasteiger partial charge in [0.15, 0.2) is 0 Å². The topological polar surface area (TPSA) is 108 Å². The number of quaternary nitrogens is 1. The summed E-state index contributed by atoms with van der Waals surface area (Å²) < 4.78 is 23.2. The molecule has 0 saturated carbocycles. The van der Waals surface area contributed by atoms with Crippen LogP contribution in [0.25, 0.3) is 0 Å². The molecule has 0 spiro atoms. The number of rotatable bonds is 38. The summed E-state index contributed by atoms with van der Waals surface area (Å²) in [4.78, 5) is 25.2. The molecule has 1 amide bonds. The molecule has 0 bridgehead atoms. The zero-order valence-corrected chi connectivity index (χ0v) is 34.5. The van der Waals surface area contributed by atoms with Crippen LogP contribution in [0.5, 0.6) is 0 Å². The molecule has 50 heavy (non-hydrogen) atoms. The highest BCUT2D eigenvalue weighted by molar-refractivity contribution is 7.45. The lowest BCUT2D eigenvalue weighted by atomic mass is 10.0. The van der Waals surface area contributed by atoms with E-state index < -0.39 is 20.0 Å². The van der Waals surface area contributed by atoms with Crippen molar-refractivity contribution in [3.05, 3.63) is 12.2 Å². The molecule has 0 aromatic rings. The molecule has 8 nitrogen and oxygen atoms in total. The average Bonchev–Trinajstić information content (AvgIpc) is 3.06. The number of unbranched alkanes of at least 4 members (excludes halogenated alkanes) is 23. The van der Waals surface area contributed by atoms with Gasteiger partial charge in [-0.15, -0.1) is 0 Å². The summed E-state index contributed by atoms with van der Waals surface area (Å²) in [5, 5.41) is 13.8. The van der Waals surface area contributed by atoms with E-state index in [1.807, 2.05) is 21.1 Å². The summed E-state index contributed by atoms with van der Waals surface area (Å²) >= 11 is 0. The number of nitrogens with zero attached hydrogens (tertiary/aromatic N) is 1. The minimum absolute atomic E-state index is 0.00947. The van der Waals surface area contributed by atoms with Gasteiger partial charge in [-0.1, -0.05) is 161 Å². The Balaban J connectivity index is 4.44. The van der Waals surface area contributed by atoms with Crippen LogP contribution in [0.2, 0.25) is 0 Å². The third-order valence-electron chi connectivity index (χ3n) is 9.50. The maximum Gasteiger partial charge on any atom is 0.268 e. The summed E-state index contributed by atoms with van der Waals surface area (Å²) in [7, 11) is 1.29. The van der Waals surface area contributed by atoms with Crippen LogP contribution in [0.3, 0.4) is 0 Å². The number of carbonyl (C=O) groups is 1. The molecule has 0 aliphatic rings. The van der Waals surface area contributed by atoms with E-state index in [1.54, 1.807) is 0 Å². The highest BCUT2D eigenvalue weighted by Gasteiger charge is 2.24. The van der Waals surface area contributed by atoms with E-state index in [1.165, 1.54) is 122 Å². The number of carbonyl (C=O) groups excluding carboxylic acids is 1. The van der Waals surface area contributed by atoms with Crippen LogP contribution in [-0.2, 0) is 18.4 Å². The van der Waals surface area contributed by atoms with Crippen LogP contribution in [0, 0.1) is 0 Å². The lowest BCUT2D eigenvalue weighted by molar-refractivity contribution is -0.870. The quantitative estimate of drug-likeness (QED) is 0.0283. The van der Waals surface area contributed by atoms with Crippen LogP contribution in [0.15, 0.2) is 12.2 Å². The minimum atomic E-state index is -4.56. The van der Waals surface area contributed by atoms with Crippen molar-refractivity contribution in [2.45, 2.75) is 206 Å². The van der Waals surface area contributed by atoms with Gasteiger partial charge in [-0.2, -0.15) is 0 Å². The van der Waals surface area contributed by atoms with Gasteiger partial charge in [0.25, 0.3) is 7.82 Å². The molecule has 1 unspecified atom stereocenters. The lowest BCUT2D eigenvalue weighted by Crippen LogP contribution is -2.46. The fraction of sp³-hybridized carbons (Fsp3) is 0.927. The van der Waals surface area contributed by atoms with Crippen LogP contribution in [0.1, 0.15) is 194 Å². The predicted molar refractivity (Wildman–Crippen MR) is 210 cm³/mol. The SMILES string of the molecule is CCCCCCCCCC/C=C/CCCC[C@@H](O)[C@H](COP(=O)([O-])OCC[N+](C)(C)C)NC(=O)CCCCCCCCCCCCCCCC. The van der Waals surface area contributed by atoms with Gasteiger partial charge < -0.3 is 28.8 Å². The van der Waals surface area contributed by atoms with Crippen molar-refractivity contribution >= 4 is 13.7 Å². The first kappa shape index (κ1) is 49.2. The zero-order chi connectivity index (χ0) is 37.2. The number of phosphoric acid groups is 1. The Kier molecular flexibility index (Phi) is 33.5. The number of aliphatic hydroxyl groups is 1. The molecule has 0 aromatic carbocycles. The highest BCUT2D eigenvalue weighted by Crippen LogP contribution is 2.38. The fourth-order valence-corrected chi connectivity index (χ4v) is 6.81. The average molecular weight is 731 g/mol. The van der Waals surface area contributed by atoms with Crippen molar-refractivity contribution in [3.63, 3.8) is 0 Å². The second-order valence-corrected chi connectivity index (χ2v) is 17.1. The van der Waals surface area contributed by atoms with E-state index >= 15 is 0 Å². The van der Waals surface area contributed by atoms with Crippen LogP contribution >= 0.6 is 7.82 Å². The maximum atomic E-state index is 12.8. The van der Waals surface area contributed by atoms with Gasteiger partial charge in [0.1, 0.15) is 13.2 Å². The lowest BCUT2D eigenvalue weighted by Gasteiger charge is -2.30. The Morgan fingerprint density at radius 3 is 1.56 bits per heavy atom. The third kappa shape index (κ3) is 35.6. The van der Waals surface area contributed by atoms with Crippen molar-refractivity contribution in [1.29, 1.82) is 0 Å². The van der Waals surface area contributed by atoms with E-state index in [9.17, 15) is 19.4 Å². The summed E-state index contributed by atoms with van der Waals surface area (Å²) in [6.07, 6.45) is 36.4. The van der Waals surface area contributed by atoms with Crippen LogP contribution < -0.4 is 10.2 Å². The van der Waals surface area contributed by atoms with E-state index in [-0.39, 0.29) is 19.1 Å². The highest BCUT2D eigenvalue weighted by atomic mass is 31.2. The number of hydrogen-bond donors (Lipinski definition) is 2. The van der Waals surface area contributed by atoms with Gasteiger partial charge >= 0.3 is 0 Å². The molecule has 2 N–H and O–H groups in total. The normalized spacial score (nSPS) is 14.6. The van der Waals surface area contributed by atoms with Crippen molar-refractivity contribution in [2.24, 2.45) is 0 Å². The molecular weight excluding hydrogens is 647 g/mol. The number of aliphatic hydroxyl groups excluding tert-OH is 1. The van der Waals surface area contributed by atoms with Crippen LogP contribution in [-0.4, -0.2) is 68.5 Å². The zero-order valence-electron chi connectivity index (χ0n) is 33.6. The van der Waals surface area contributed by atoms with E-state index in [4.69, 9.17) is 9.05 Å². The molecule has 298 valence electrons. The molecule has 0 rings (SSSR count). The molecule has 0 heterocycles. The number of hydrogen-bond acceptors (Lipinski definition) is 6. The monoisotopic (exact) mass is 731 g/mol. The molecule has 0 radical (unpaired) electrons. The molecule has 3 atom stereocenters. The number of phosphoric ester groups is 1. The summed E-state index contributed by atoms with van der Waals surface area (Å²) in [5.41, 5.74) is 0. The molecule has 0 aromatic heterocycles. The molecular formula is C41H83N2O6P. The Morgan fingerprint density at radius 2 is 1.10 bits per heavy atom. The fourth-order valence-electron chi connectivity index (χ4n) is 6.09. The Hall–Kier alpha value is -0.760. The van der Waals surface area contributed by atoms with Crippen molar-refractivity contribution in [2.75, 3.05) is 40.9 Å². The number of amides is 1. The van der Waals surface area contributed by atoms with Gasteiger partial charge in [-0.05, 0) is 38.5 Å². The number of allylic oxidation sites excluding steroid dienone is 2.